The first kappa shape index (κ1) is 19.8. The number of carbonyl (C=O) groups excluding carboxylic acids is 1. The first-order valence-corrected chi connectivity index (χ1v) is 10.1. The lowest BCUT2D eigenvalue weighted by molar-refractivity contribution is 0.00740. The highest BCUT2D eigenvalue weighted by molar-refractivity contribution is 5.95. The molecule has 4 nitrogen and oxygen atoms in total. The summed E-state index contributed by atoms with van der Waals surface area (Å²) in [4.78, 5) is 12.5. The number of allylic oxidation sites excluding steroid dienone is 2. The number of esters is 1. The van der Waals surface area contributed by atoms with E-state index < -0.39 is 5.97 Å². The quantitative estimate of drug-likeness (QED) is 0.420. The average molecular weight is 373 g/mol. The molecular weight excluding hydrogens is 340 g/mol. The van der Waals surface area contributed by atoms with E-state index in [1.807, 2.05) is 6.07 Å². The van der Waals surface area contributed by atoms with Gasteiger partial charge in [0.15, 0.2) is 0 Å². The van der Waals surface area contributed by atoms with Crippen LogP contribution >= 0.6 is 0 Å². The Balaban J connectivity index is 2.14. The molecule has 0 fully saturated rings. The number of benzene rings is 1. The van der Waals surface area contributed by atoms with Gasteiger partial charge in [0.05, 0.1) is 7.11 Å². The Labute approximate surface area is 162 Å². The van der Waals surface area contributed by atoms with Gasteiger partial charge in [0.1, 0.15) is 22.7 Å². The molecular formula is C23H32O4. The Kier molecular flexibility index (Phi) is 5.55. The zero-order valence-corrected chi connectivity index (χ0v) is 17.2. The summed E-state index contributed by atoms with van der Waals surface area (Å²) in [5.74, 6) is 0.753. The molecule has 2 atom stereocenters. The highest BCUT2D eigenvalue weighted by atomic mass is 16.5. The van der Waals surface area contributed by atoms with E-state index >= 15 is 0 Å². The zero-order chi connectivity index (χ0) is 19.8. The SMILES string of the molecule is CCCCCc1cc2c(c(O)c1C(=O)OC)C1CC(C)=CC[C@H]1C(C)(C)O2. The molecule has 0 saturated carbocycles. The van der Waals surface area contributed by atoms with Crippen molar-refractivity contribution in [3.8, 4) is 11.5 Å². The summed E-state index contributed by atoms with van der Waals surface area (Å²) in [5, 5.41) is 11.2. The Morgan fingerprint density at radius 1 is 1.37 bits per heavy atom. The molecule has 0 radical (unpaired) electrons. The number of aromatic hydroxyl groups is 1. The van der Waals surface area contributed by atoms with E-state index in [1.54, 1.807) is 0 Å². The molecule has 0 aromatic heterocycles. The number of methoxy groups -OCH3 is 1. The third-order valence-electron chi connectivity index (χ3n) is 6.21. The maximum atomic E-state index is 12.5. The molecule has 1 aliphatic heterocycles. The van der Waals surface area contributed by atoms with Crippen molar-refractivity contribution in [1.82, 2.24) is 0 Å². The van der Waals surface area contributed by atoms with Gasteiger partial charge in [-0.25, -0.2) is 4.79 Å². The van der Waals surface area contributed by atoms with Gasteiger partial charge in [-0.1, -0.05) is 31.4 Å². The summed E-state index contributed by atoms with van der Waals surface area (Å²) < 4.78 is 11.4. The van der Waals surface area contributed by atoms with Crippen molar-refractivity contribution in [1.29, 1.82) is 0 Å². The Morgan fingerprint density at radius 2 is 2.11 bits per heavy atom. The monoisotopic (exact) mass is 372 g/mol. The lowest BCUT2D eigenvalue weighted by Crippen LogP contribution is -2.45. The smallest absolute Gasteiger partial charge is 0.341 e. The van der Waals surface area contributed by atoms with Gasteiger partial charge in [-0.3, -0.25) is 0 Å². The van der Waals surface area contributed by atoms with Gasteiger partial charge in [0.25, 0.3) is 0 Å². The normalized spacial score (nSPS) is 22.9. The van der Waals surface area contributed by atoms with Crippen LogP contribution in [0.5, 0.6) is 11.5 Å². The van der Waals surface area contributed by atoms with E-state index in [2.05, 4.69) is 33.8 Å². The number of hydrogen-bond acceptors (Lipinski definition) is 4. The number of aryl methyl sites for hydroxylation is 1. The van der Waals surface area contributed by atoms with Crippen molar-refractivity contribution < 1.29 is 19.4 Å². The van der Waals surface area contributed by atoms with E-state index in [1.165, 1.54) is 12.7 Å². The molecule has 148 valence electrons. The topological polar surface area (TPSA) is 55.8 Å². The van der Waals surface area contributed by atoms with Crippen molar-refractivity contribution in [2.75, 3.05) is 7.11 Å². The van der Waals surface area contributed by atoms with Crippen molar-refractivity contribution >= 4 is 5.97 Å². The van der Waals surface area contributed by atoms with Crippen molar-refractivity contribution in [2.45, 2.75) is 77.7 Å². The van der Waals surface area contributed by atoms with E-state index in [0.29, 0.717) is 5.56 Å². The molecule has 0 amide bonds. The summed E-state index contributed by atoms with van der Waals surface area (Å²) in [6.07, 6.45) is 7.96. The molecule has 4 heteroatoms. The number of phenolic OH excluding ortho intramolecular Hbond substituents is 1. The standard InChI is InChI=1S/C23H32O4/c1-6-7-8-9-15-13-18-20(21(24)19(15)22(25)26-5)16-12-14(2)10-11-17(16)23(3,4)27-18/h10,13,16-17,24H,6-9,11-12H2,1-5H3/t16?,17-/m1/s1. The van der Waals surface area contributed by atoms with Crippen LogP contribution in [0, 0.1) is 5.92 Å². The molecule has 27 heavy (non-hydrogen) atoms. The van der Waals surface area contributed by atoms with Crippen LogP contribution in [0.3, 0.4) is 0 Å². The molecule has 1 aliphatic carbocycles. The van der Waals surface area contributed by atoms with Gasteiger partial charge in [-0.05, 0) is 58.1 Å². The minimum absolute atomic E-state index is 0.0612. The first-order chi connectivity index (χ1) is 12.8. The number of rotatable bonds is 5. The average Bonchev–Trinajstić information content (AvgIpc) is 2.60. The van der Waals surface area contributed by atoms with Crippen LogP contribution in [-0.4, -0.2) is 23.8 Å². The minimum atomic E-state index is -0.466. The van der Waals surface area contributed by atoms with Crippen LogP contribution in [-0.2, 0) is 11.2 Å². The second-order valence-electron chi connectivity index (χ2n) is 8.53. The van der Waals surface area contributed by atoms with Crippen LogP contribution in [0.15, 0.2) is 17.7 Å². The van der Waals surface area contributed by atoms with Crippen LogP contribution in [0.25, 0.3) is 0 Å². The van der Waals surface area contributed by atoms with E-state index in [0.717, 1.165) is 55.4 Å². The summed E-state index contributed by atoms with van der Waals surface area (Å²) in [6.45, 7) is 8.54. The van der Waals surface area contributed by atoms with Gasteiger partial charge in [0, 0.05) is 17.4 Å². The van der Waals surface area contributed by atoms with Crippen molar-refractivity contribution in [3.63, 3.8) is 0 Å². The Bertz CT molecular complexity index is 760. The van der Waals surface area contributed by atoms with Gasteiger partial charge >= 0.3 is 5.97 Å². The molecule has 1 aromatic rings. The van der Waals surface area contributed by atoms with Crippen molar-refractivity contribution in [2.24, 2.45) is 5.92 Å². The van der Waals surface area contributed by atoms with Gasteiger partial charge in [-0.2, -0.15) is 0 Å². The van der Waals surface area contributed by atoms with Crippen molar-refractivity contribution in [3.05, 3.63) is 34.4 Å². The number of unbranched alkanes of at least 4 members (excludes halogenated alkanes) is 2. The van der Waals surface area contributed by atoms with Gasteiger partial charge in [0.2, 0.25) is 0 Å². The second kappa shape index (κ2) is 7.57. The summed E-state index contributed by atoms with van der Waals surface area (Å²) in [7, 11) is 1.37. The van der Waals surface area contributed by atoms with E-state index in [4.69, 9.17) is 9.47 Å². The zero-order valence-electron chi connectivity index (χ0n) is 17.2. The van der Waals surface area contributed by atoms with E-state index in [-0.39, 0.29) is 23.2 Å². The third kappa shape index (κ3) is 3.59. The second-order valence-corrected chi connectivity index (χ2v) is 8.53. The fourth-order valence-electron chi connectivity index (χ4n) is 4.74. The summed E-state index contributed by atoms with van der Waals surface area (Å²) >= 11 is 0. The molecule has 1 unspecified atom stereocenters. The maximum Gasteiger partial charge on any atom is 0.341 e. The minimum Gasteiger partial charge on any atom is -0.507 e. The van der Waals surface area contributed by atoms with Crippen LogP contribution in [0.4, 0.5) is 0 Å². The van der Waals surface area contributed by atoms with Crippen LogP contribution in [0.1, 0.15) is 87.2 Å². The summed E-state index contributed by atoms with van der Waals surface area (Å²) in [5.41, 5.74) is 2.94. The number of hydrogen-bond donors (Lipinski definition) is 1. The Morgan fingerprint density at radius 3 is 2.78 bits per heavy atom. The fourth-order valence-corrected chi connectivity index (χ4v) is 4.74. The molecule has 1 heterocycles. The lowest BCUT2D eigenvalue weighted by Gasteiger charge is -2.47. The Hall–Kier alpha value is -1.97. The molecule has 0 spiro atoms. The van der Waals surface area contributed by atoms with Crippen LogP contribution < -0.4 is 4.74 Å². The predicted molar refractivity (Wildman–Crippen MR) is 107 cm³/mol. The van der Waals surface area contributed by atoms with Crippen LogP contribution in [0.2, 0.25) is 0 Å². The number of fused-ring (bicyclic) bond motifs is 3. The van der Waals surface area contributed by atoms with Gasteiger partial charge in [-0.15, -0.1) is 0 Å². The van der Waals surface area contributed by atoms with Gasteiger partial charge < -0.3 is 14.6 Å². The largest absolute Gasteiger partial charge is 0.507 e. The number of ether oxygens (including phenoxy) is 2. The fraction of sp³-hybridized carbons (Fsp3) is 0.609. The number of phenols is 1. The van der Waals surface area contributed by atoms with E-state index in [9.17, 15) is 9.90 Å². The molecule has 0 bridgehead atoms. The highest BCUT2D eigenvalue weighted by Crippen LogP contribution is 2.55. The maximum absolute atomic E-state index is 12.5. The third-order valence-corrected chi connectivity index (χ3v) is 6.21. The molecule has 1 N–H and O–H groups in total. The highest BCUT2D eigenvalue weighted by Gasteiger charge is 2.46. The molecule has 3 rings (SSSR count). The summed E-state index contributed by atoms with van der Waals surface area (Å²) in [6, 6.07) is 1.97. The molecule has 0 saturated heterocycles. The molecule has 1 aromatic carbocycles. The predicted octanol–water partition coefficient (Wildman–Crippen LogP) is 5.52. The molecule has 2 aliphatic rings. The first-order valence-electron chi connectivity index (χ1n) is 10.1. The number of carbonyl (C=O) groups is 1. The lowest BCUT2D eigenvalue weighted by atomic mass is 9.66.